The third-order valence-electron chi connectivity index (χ3n) is 1.64. The van der Waals surface area contributed by atoms with Crippen molar-refractivity contribution in [2.75, 3.05) is 0 Å². The topological polar surface area (TPSA) is 57.5 Å². The molecule has 0 heterocycles. The number of phenols is 1. The third-order valence-corrected chi connectivity index (χ3v) is 1.64. The van der Waals surface area contributed by atoms with Crippen LogP contribution in [-0.4, -0.2) is 16.5 Å². The van der Waals surface area contributed by atoms with Crippen LogP contribution in [0.15, 0.2) is 24.3 Å². The molecule has 0 aromatic heterocycles. The number of hydrogen-bond donors (Lipinski definition) is 2. The van der Waals surface area contributed by atoms with Crippen molar-refractivity contribution in [2.45, 2.75) is 6.61 Å². The first-order valence-corrected chi connectivity index (χ1v) is 3.82. The number of allylic oxidation sites excluding steroid dienone is 1. The highest BCUT2D eigenvalue weighted by Gasteiger charge is 1.98. The molecule has 13 heavy (non-hydrogen) atoms. The standard InChI is InChI=1S/C10H10O3/c11-5-1-2-8-3-4-10(13)9(6-8)7-12/h1-6,12-13H,7H2. The van der Waals surface area contributed by atoms with E-state index in [2.05, 4.69) is 0 Å². The van der Waals surface area contributed by atoms with Crippen LogP contribution in [0.4, 0.5) is 0 Å². The molecule has 0 saturated heterocycles. The summed E-state index contributed by atoms with van der Waals surface area (Å²) in [4.78, 5) is 10.0. The molecular formula is C10H10O3. The van der Waals surface area contributed by atoms with Crippen molar-refractivity contribution in [3.63, 3.8) is 0 Å². The number of aldehydes is 1. The smallest absolute Gasteiger partial charge is 0.142 e. The summed E-state index contributed by atoms with van der Waals surface area (Å²) in [5.74, 6) is 0.0609. The quantitative estimate of drug-likeness (QED) is 0.538. The Morgan fingerprint density at radius 2 is 2.15 bits per heavy atom. The van der Waals surface area contributed by atoms with Crippen LogP contribution in [-0.2, 0) is 11.4 Å². The number of aliphatic hydroxyl groups is 1. The lowest BCUT2D eigenvalue weighted by Crippen LogP contribution is -1.85. The van der Waals surface area contributed by atoms with E-state index >= 15 is 0 Å². The number of rotatable bonds is 3. The second kappa shape index (κ2) is 4.42. The summed E-state index contributed by atoms with van der Waals surface area (Å²) in [5, 5.41) is 18.0. The van der Waals surface area contributed by atoms with Gasteiger partial charge in [-0.15, -0.1) is 0 Å². The molecule has 3 heteroatoms. The van der Waals surface area contributed by atoms with Crippen LogP contribution in [0.2, 0.25) is 0 Å². The van der Waals surface area contributed by atoms with Crippen molar-refractivity contribution in [1.82, 2.24) is 0 Å². The molecule has 0 amide bonds. The predicted molar refractivity (Wildman–Crippen MR) is 49.1 cm³/mol. The van der Waals surface area contributed by atoms with Crippen LogP contribution < -0.4 is 0 Å². The van der Waals surface area contributed by atoms with Gasteiger partial charge >= 0.3 is 0 Å². The summed E-state index contributed by atoms with van der Waals surface area (Å²) < 4.78 is 0. The second-order valence-electron chi connectivity index (χ2n) is 2.54. The third kappa shape index (κ3) is 2.42. The van der Waals surface area contributed by atoms with Gasteiger partial charge in [-0.25, -0.2) is 0 Å². The molecule has 0 aliphatic carbocycles. The van der Waals surface area contributed by atoms with E-state index in [1.807, 2.05) is 0 Å². The van der Waals surface area contributed by atoms with Crippen molar-refractivity contribution in [2.24, 2.45) is 0 Å². The van der Waals surface area contributed by atoms with E-state index in [0.717, 1.165) is 5.56 Å². The lowest BCUT2D eigenvalue weighted by atomic mass is 10.1. The van der Waals surface area contributed by atoms with E-state index in [9.17, 15) is 9.90 Å². The zero-order valence-corrected chi connectivity index (χ0v) is 6.97. The van der Waals surface area contributed by atoms with Crippen molar-refractivity contribution in [3.8, 4) is 5.75 Å². The van der Waals surface area contributed by atoms with Gasteiger partial charge in [0.2, 0.25) is 0 Å². The maximum absolute atomic E-state index is 10.0. The average molecular weight is 178 g/mol. The SMILES string of the molecule is O=CC=Cc1ccc(O)c(CO)c1. The Morgan fingerprint density at radius 1 is 1.38 bits per heavy atom. The zero-order valence-electron chi connectivity index (χ0n) is 6.97. The monoisotopic (exact) mass is 178 g/mol. The van der Waals surface area contributed by atoms with Gasteiger partial charge in [-0.2, -0.15) is 0 Å². The summed E-state index contributed by atoms with van der Waals surface area (Å²) in [5.41, 5.74) is 1.22. The van der Waals surface area contributed by atoms with E-state index in [1.165, 1.54) is 12.1 Å². The van der Waals surface area contributed by atoms with Gasteiger partial charge in [0, 0.05) is 5.56 Å². The lowest BCUT2D eigenvalue weighted by Gasteiger charge is -2.01. The van der Waals surface area contributed by atoms with Gasteiger partial charge in [-0.3, -0.25) is 4.79 Å². The van der Waals surface area contributed by atoms with Crippen LogP contribution >= 0.6 is 0 Å². The molecule has 0 bridgehead atoms. The van der Waals surface area contributed by atoms with E-state index < -0.39 is 0 Å². The normalized spacial score (nSPS) is 10.5. The Bertz CT molecular complexity index is 329. The molecule has 0 aliphatic rings. The van der Waals surface area contributed by atoms with E-state index in [4.69, 9.17) is 5.11 Å². The number of hydrogen-bond acceptors (Lipinski definition) is 3. The molecule has 68 valence electrons. The Morgan fingerprint density at radius 3 is 2.77 bits per heavy atom. The van der Waals surface area contributed by atoms with Gasteiger partial charge in [0.15, 0.2) is 0 Å². The van der Waals surface area contributed by atoms with Gasteiger partial charge in [0.25, 0.3) is 0 Å². The van der Waals surface area contributed by atoms with Crippen molar-refractivity contribution in [3.05, 3.63) is 35.4 Å². The van der Waals surface area contributed by atoms with Crippen molar-refractivity contribution >= 4 is 12.4 Å². The molecule has 1 rings (SSSR count). The Kier molecular flexibility index (Phi) is 3.23. The maximum atomic E-state index is 10.0. The fourth-order valence-corrected chi connectivity index (χ4v) is 0.986. The van der Waals surface area contributed by atoms with Gasteiger partial charge in [-0.05, 0) is 23.8 Å². The van der Waals surface area contributed by atoms with Gasteiger partial charge in [0.05, 0.1) is 6.61 Å². The molecule has 0 atom stereocenters. The Hall–Kier alpha value is -1.61. The number of carbonyl (C=O) groups excluding carboxylic acids is 1. The van der Waals surface area contributed by atoms with Crippen molar-refractivity contribution in [1.29, 1.82) is 0 Å². The van der Waals surface area contributed by atoms with E-state index in [1.54, 1.807) is 18.2 Å². The van der Waals surface area contributed by atoms with Crippen LogP contribution in [0.5, 0.6) is 5.75 Å². The predicted octanol–water partition coefficient (Wildman–Crippen LogP) is 1.10. The molecule has 3 nitrogen and oxygen atoms in total. The molecule has 0 aliphatic heterocycles. The lowest BCUT2D eigenvalue weighted by molar-refractivity contribution is -0.104. The van der Waals surface area contributed by atoms with Gasteiger partial charge in [0.1, 0.15) is 12.0 Å². The molecule has 1 aromatic rings. The molecular weight excluding hydrogens is 168 g/mol. The second-order valence-corrected chi connectivity index (χ2v) is 2.54. The largest absolute Gasteiger partial charge is 0.508 e. The fraction of sp³-hybridized carbons (Fsp3) is 0.100. The Labute approximate surface area is 76.0 Å². The van der Waals surface area contributed by atoms with E-state index in [-0.39, 0.29) is 12.4 Å². The summed E-state index contributed by atoms with van der Waals surface area (Å²) in [6.45, 7) is -0.214. The number of aromatic hydroxyl groups is 1. The molecule has 0 saturated carbocycles. The van der Waals surface area contributed by atoms with Crippen molar-refractivity contribution < 1.29 is 15.0 Å². The summed E-state index contributed by atoms with van der Waals surface area (Å²) in [7, 11) is 0. The number of carbonyl (C=O) groups is 1. The molecule has 0 unspecified atom stereocenters. The van der Waals surface area contributed by atoms with E-state index in [0.29, 0.717) is 11.8 Å². The van der Waals surface area contributed by atoms with Crippen LogP contribution in [0, 0.1) is 0 Å². The maximum Gasteiger partial charge on any atom is 0.142 e. The minimum absolute atomic E-state index is 0.0609. The van der Waals surface area contributed by atoms with Gasteiger partial charge < -0.3 is 10.2 Å². The highest BCUT2D eigenvalue weighted by molar-refractivity contribution is 5.74. The average Bonchev–Trinajstić information content (AvgIpc) is 2.16. The minimum atomic E-state index is -0.214. The first kappa shape index (κ1) is 9.48. The molecule has 1 aromatic carbocycles. The number of benzene rings is 1. The molecule has 2 N–H and O–H groups in total. The Balaban J connectivity index is 2.99. The first-order valence-electron chi connectivity index (χ1n) is 3.82. The van der Waals surface area contributed by atoms with Crippen LogP contribution in [0.3, 0.4) is 0 Å². The van der Waals surface area contributed by atoms with Crippen LogP contribution in [0.1, 0.15) is 11.1 Å². The summed E-state index contributed by atoms with van der Waals surface area (Å²) >= 11 is 0. The highest BCUT2D eigenvalue weighted by atomic mass is 16.3. The highest BCUT2D eigenvalue weighted by Crippen LogP contribution is 2.18. The first-order chi connectivity index (χ1) is 6.27. The number of aliphatic hydroxyl groups excluding tert-OH is 1. The summed E-state index contributed by atoms with van der Waals surface area (Å²) in [6.07, 6.45) is 3.63. The minimum Gasteiger partial charge on any atom is -0.508 e. The molecule has 0 radical (unpaired) electrons. The summed E-state index contributed by atoms with van der Waals surface area (Å²) in [6, 6.07) is 4.76. The van der Waals surface area contributed by atoms with Gasteiger partial charge in [-0.1, -0.05) is 12.1 Å². The zero-order chi connectivity index (χ0) is 9.68. The fourth-order valence-electron chi connectivity index (χ4n) is 0.986. The van der Waals surface area contributed by atoms with Crippen LogP contribution in [0.25, 0.3) is 6.08 Å². The molecule has 0 fully saturated rings. The molecule has 0 spiro atoms.